The summed E-state index contributed by atoms with van der Waals surface area (Å²) in [6.45, 7) is 4.10. The number of likely N-dealkylation sites (N-methyl/N-ethyl adjacent to an activating group) is 1. The Labute approximate surface area is 190 Å². The van der Waals surface area contributed by atoms with E-state index in [-0.39, 0.29) is 6.04 Å². The van der Waals surface area contributed by atoms with Gasteiger partial charge in [-0.05, 0) is 36.9 Å². The summed E-state index contributed by atoms with van der Waals surface area (Å²) in [7, 11) is 7.68. The maximum absolute atomic E-state index is 12.5. The molecule has 0 unspecified atom stereocenters. The first kappa shape index (κ1) is 23.6. The maximum atomic E-state index is 12.5. The molecule has 8 nitrogen and oxygen atoms in total. The van der Waals surface area contributed by atoms with Crippen LogP contribution in [0.4, 0.5) is 11.4 Å². The first-order valence-corrected chi connectivity index (χ1v) is 10.8. The fourth-order valence-electron chi connectivity index (χ4n) is 3.74. The van der Waals surface area contributed by atoms with Gasteiger partial charge < -0.3 is 25.2 Å². The van der Waals surface area contributed by atoms with E-state index in [2.05, 4.69) is 56.6 Å². The smallest absolute Gasteiger partial charge is 0.313 e. The highest BCUT2D eigenvalue weighted by molar-refractivity contribution is 6.39. The molecule has 0 spiro atoms. The largest absolute Gasteiger partial charge is 0.497 e. The number of rotatable bonds is 7. The molecule has 1 saturated heterocycles. The fourth-order valence-corrected chi connectivity index (χ4v) is 3.74. The van der Waals surface area contributed by atoms with E-state index in [9.17, 15) is 9.59 Å². The molecule has 1 aliphatic heterocycles. The van der Waals surface area contributed by atoms with Crippen molar-refractivity contribution in [2.75, 3.05) is 71.2 Å². The third-order valence-electron chi connectivity index (χ3n) is 5.76. The first-order chi connectivity index (χ1) is 15.4. The van der Waals surface area contributed by atoms with Crippen molar-refractivity contribution < 1.29 is 14.3 Å². The maximum Gasteiger partial charge on any atom is 0.313 e. The lowest BCUT2D eigenvalue weighted by atomic mass is 10.0. The summed E-state index contributed by atoms with van der Waals surface area (Å²) >= 11 is 0. The van der Waals surface area contributed by atoms with E-state index < -0.39 is 11.8 Å². The van der Waals surface area contributed by atoms with Gasteiger partial charge in [-0.2, -0.15) is 0 Å². The molecule has 0 saturated carbocycles. The second kappa shape index (κ2) is 11.0. The van der Waals surface area contributed by atoms with Gasteiger partial charge in [-0.25, -0.2) is 0 Å². The Balaban J connectivity index is 1.67. The molecule has 0 radical (unpaired) electrons. The summed E-state index contributed by atoms with van der Waals surface area (Å²) in [6, 6.07) is 15.3. The highest BCUT2D eigenvalue weighted by Gasteiger charge is 2.25. The lowest BCUT2D eigenvalue weighted by Gasteiger charge is -2.38. The predicted molar refractivity (Wildman–Crippen MR) is 127 cm³/mol. The highest BCUT2D eigenvalue weighted by atomic mass is 16.5. The molecular formula is C24H33N5O3. The average molecular weight is 440 g/mol. The van der Waals surface area contributed by atoms with Gasteiger partial charge in [0.1, 0.15) is 5.75 Å². The molecule has 3 rings (SSSR count). The Hall–Kier alpha value is -3.10. The number of nitrogens with one attached hydrogen (secondary N) is 2. The minimum atomic E-state index is -0.696. The molecule has 1 atom stereocenters. The van der Waals surface area contributed by atoms with Gasteiger partial charge in [0.25, 0.3) is 0 Å². The molecular weight excluding hydrogens is 406 g/mol. The molecule has 172 valence electrons. The SMILES string of the molecule is COc1cccc(NC(=O)C(=O)NC[C@H](c2ccc(N(C)C)cc2)N2CCN(C)CC2)c1. The number of benzene rings is 2. The summed E-state index contributed by atoms with van der Waals surface area (Å²) in [5.41, 5.74) is 2.75. The number of hydrogen-bond acceptors (Lipinski definition) is 6. The highest BCUT2D eigenvalue weighted by Crippen LogP contribution is 2.24. The summed E-state index contributed by atoms with van der Waals surface area (Å²) in [6.07, 6.45) is 0. The number of hydrogen-bond donors (Lipinski definition) is 2. The van der Waals surface area contributed by atoms with Crippen LogP contribution in [0.2, 0.25) is 0 Å². The molecule has 32 heavy (non-hydrogen) atoms. The number of methoxy groups -OCH3 is 1. The van der Waals surface area contributed by atoms with E-state index in [4.69, 9.17) is 4.74 Å². The van der Waals surface area contributed by atoms with Crippen molar-refractivity contribution >= 4 is 23.2 Å². The minimum absolute atomic E-state index is 0.00604. The van der Waals surface area contributed by atoms with E-state index >= 15 is 0 Å². The molecule has 8 heteroatoms. The van der Waals surface area contributed by atoms with Crippen LogP contribution in [0.25, 0.3) is 0 Å². The number of amides is 2. The van der Waals surface area contributed by atoms with Gasteiger partial charge in [0.05, 0.1) is 13.2 Å². The molecule has 2 N–H and O–H groups in total. The summed E-state index contributed by atoms with van der Waals surface area (Å²) in [5, 5.41) is 5.46. The Bertz CT molecular complexity index is 908. The first-order valence-electron chi connectivity index (χ1n) is 10.8. The molecule has 1 aliphatic rings. The second-order valence-electron chi connectivity index (χ2n) is 8.24. The monoisotopic (exact) mass is 439 g/mol. The van der Waals surface area contributed by atoms with Gasteiger partial charge in [-0.15, -0.1) is 0 Å². The van der Waals surface area contributed by atoms with Gasteiger partial charge >= 0.3 is 11.8 Å². The third-order valence-corrected chi connectivity index (χ3v) is 5.76. The zero-order chi connectivity index (χ0) is 23.1. The Morgan fingerprint density at radius 3 is 2.34 bits per heavy atom. The topological polar surface area (TPSA) is 77.1 Å². The molecule has 1 fully saturated rings. The zero-order valence-corrected chi connectivity index (χ0v) is 19.3. The molecule has 2 aromatic rings. The van der Waals surface area contributed by atoms with Crippen molar-refractivity contribution in [3.05, 3.63) is 54.1 Å². The average Bonchev–Trinajstić information content (AvgIpc) is 2.80. The van der Waals surface area contributed by atoms with Gasteiger partial charge in [-0.1, -0.05) is 18.2 Å². The molecule has 0 bridgehead atoms. The van der Waals surface area contributed by atoms with Gasteiger partial charge in [0.2, 0.25) is 0 Å². The molecule has 0 aromatic heterocycles. The predicted octanol–water partition coefficient (Wildman–Crippen LogP) is 1.80. The number of carbonyl (C=O) groups is 2. The quantitative estimate of drug-likeness (QED) is 0.641. The lowest BCUT2D eigenvalue weighted by Crippen LogP contribution is -2.49. The van der Waals surface area contributed by atoms with Crippen LogP contribution in [-0.2, 0) is 9.59 Å². The summed E-state index contributed by atoms with van der Waals surface area (Å²) in [4.78, 5) is 31.7. The van der Waals surface area contributed by atoms with E-state index in [1.165, 1.54) is 0 Å². The molecule has 2 amide bonds. The van der Waals surface area contributed by atoms with Crippen LogP contribution in [0, 0.1) is 0 Å². The number of carbonyl (C=O) groups excluding carboxylic acids is 2. The van der Waals surface area contributed by atoms with Gasteiger partial charge in [0.15, 0.2) is 0 Å². The van der Waals surface area contributed by atoms with Crippen LogP contribution < -0.4 is 20.3 Å². The van der Waals surface area contributed by atoms with E-state index in [1.54, 1.807) is 31.4 Å². The molecule has 2 aromatic carbocycles. The fraction of sp³-hybridized carbons (Fsp3) is 0.417. The normalized spacial score (nSPS) is 15.6. The zero-order valence-electron chi connectivity index (χ0n) is 19.3. The summed E-state index contributed by atoms with van der Waals surface area (Å²) < 4.78 is 5.16. The second-order valence-corrected chi connectivity index (χ2v) is 8.24. The number of anilines is 2. The standard InChI is InChI=1S/C24H33N5O3/c1-27(2)20-10-8-18(9-11-20)22(29-14-12-28(3)13-15-29)17-25-23(30)24(31)26-19-6-5-7-21(16-19)32-4/h5-11,16,22H,12-15,17H2,1-4H3,(H,25,30)(H,26,31)/t22-/m1/s1. The molecule has 0 aliphatic carbocycles. The van der Waals surface area contributed by atoms with Gasteiger partial charge in [0, 0.05) is 64.3 Å². The van der Waals surface area contributed by atoms with E-state index in [0.717, 1.165) is 37.4 Å². The van der Waals surface area contributed by atoms with Crippen molar-refractivity contribution in [3.8, 4) is 5.75 Å². The van der Waals surface area contributed by atoms with Crippen LogP contribution in [0.3, 0.4) is 0 Å². The number of piperazine rings is 1. The Kier molecular flexibility index (Phi) is 8.08. The number of ether oxygens (including phenoxy) is 1. The van der Waals surface area contributed by atoms with Crippen LogP contribution in [0.1, 0.15) is 11.6 Å². The van der Waals surface area contributed by atoms with Crippen molar-refractivity contribution in [1.29, 1.82) is 0 Å². The summed E-state index contributed by atoms with van der Waals surface area (Å²) in [5.74, 6) is -0.741. The van der Waals surface area contributed by atoms with Crippen LogP contribution >= 0.6 is 0 Å². The third kappa shape index (κ3) is 6.21. The van der Waals surface area contributed by atoms with E-state index in [0.29, 0.717) is 18.0 Å². The van der Waals surface area contributed by atoms with Crippen molar-refractivity contribution in [3.63, 3.8) is 0 Å². The van der Waals surface area contributed by atoms with E-state index in [1.807, 2.05) is 14.1 Å². The van der Waals surface area contributed by atoms with Crippen molar-refractivity contribution in [2.24, 2.45) is 0 Å². The van der Waals surface area contributed by atoms with Crippen LogP contribution in [0.5, 0.6) is 5.75 Å². The van der Waals surface area contributed by atoms with Gasteiger partial charge in [-0.3, -0.25) is 14.5 Å². The Morgan fingerprint density at radius 2 is 1.72 bits per heavy atom. The van der Waals surface area contributed by atoms with Crippen molar-refractivity contribution in [2.45, 2.75) is 6.04 Å². The van der Waals surface area contributed by atoms with Crippen LogP contribution in [0.15, 0.2) is 48.5 Å². The Morgan fingerprint density at radius 1 is 1.03 bits per heavy atom. The lowest BCUT2D eigenvalue weighted by molar-refractivity contribution is -0.136. The van der Waals surface area contributed by atoms with Crippen LogP contribution in [-0.4, -0.2) is 82.6 Å². The van der Waals surface area contributed by atoms with Crippen molar-refractivity contribution in [1.82, 2.24) is 15.1 Å². The number of nitrogens with zero attached hydrogens (tertiary/aromatic N) is 3. The minimum Gasteiger partial charge on any atom is -0.497 e. The molecule has 1 heterocycles.